The van der Waals surface area contributed by atoms with Crippen molar-refractivity contribution in [3.63, 3.8) is 0 Å². The van der Waals surface area contributed by atoms with Gasteiger partial charge >= 0.3 is 0 Å². The normalized spacial score (nSPS) is 17.0. The molecule has 2 aromatic rings. The van der Waals surface area contributed by atoms with Crippen LogP contribution in [0.5, 0.6) is 0 Å². The third-order valence-corrected chi connectivity index (χ3v) is 4.47. The molecule has 3 rings (SSSR count). The van der Waals surface area contributed by atoms with E-state index in [0.717, 1.165) is 18.5 Å². The highest BCUT2D eigenvalue weighted by Gasteiger charge is 2.28. The molecule has 0 bridgehead atoms. The van der Waals surface area contributed by atoms with Crippen LogP contribution >= 0.6 is 0 Å². The number of hydrogen-bond donors (Lipinski definition) is 1. The summed E-state index contributed by atoms with van der Waals surface area (Å²) in [7, 11) is 0. The monoisotopic (exact) mass is 356 g/mol. The van der Waals surface area contributed by atoms with Gasteiger partial charge in [-0.05, 0) is 44.0 Å². The number of benzene rings is 1. The van der Waals surface area contributed by atoms with Gasteiger partial charge in [-0.2, -0.15) is 0 Å². The summed E-state index contributed by atoms with van der Waals surface area (Å²) < 4.78 is 15.0. The van der Waals surface area contributed by atoms with E-state index in [1.54, 1.807) is 27.8 Å². The zero-order valence-electron chi connectivity index (χ0n) is 14.6. The zero-order chi connectivity index (χ0) is 18.7. The Hall–Kier alpha value is -2.96. The van der Waals surface area contributed by atoms with Crippen LogP contribution in [0.3, 0.4) is 0 Å². The first kappa shape index (κ1) is 17.8. The first-order chi connectivity index (χ1) is 12.5. The van der Waals surface area contributed by atoms with Crippen molar-refractivity contribution in [1.82, 2.24) is 14.7 Å². The standard InChI is InChI=1S/C19H21FN4O2/c1-3-18(25)23-9-5-6-14(12-23)19(26)21-17-10-13(2)24(22-17)16-8-4-7-15(20)11-16/h3-4,7-8,10-11,14H,1,5-6,9,12H2,2H3,(H,21,22,26)/t14-/m1/s1. The van der Waals surface area contributed by atoms with Gasteiger partial charge < -0.3 is 10.2 Å². The molecule has 26 heavy (non-hydrogen) atoms. The number of carbonyl (C=O) groups is 2. The average molecular weight is 356 g/mol. The second-order valence-corrected chi connectivity index (χ2v) is 6.38. The third-order valence-electron chi connectivity index (χ3n) is 4.47. The topological polar surface area (TPSA) is 67.2 Å². The number of nitrogens with one attached hydrogen (secondary N) is 1. The van der Waals surface area contributed by atoms with E-state index in [0.29, 0.717) is 24.6 Å². The maximum absolute atomic E-state index is 13.4. The van der Waals surface area contributed by atoms with Crippen LogP contribution in [-0.2, 0) is 9.59 Å². The van der Waals surface area contributed by atoms with E-state index in [2.05, 4.69) is 17.0 Å². The summed E-state index contributed by atoms with van der Waals surface area (Å²) in [5, 5.41) is 7.15. The fraction of sp³-hybridized carbons (Fsp3) is 0.316. The highest BCUT2D eigenvalue weighted by atomic mass is 19.1. The Morgan fingerprint density at radius 2 is 2.19 bits per heavy atom. The smallest absolute Gasteiger partial charge is 0.245 e. The van der Waals surface area contributed by atoms with Crippen LogP contribution in [0.4, 0.5) is 10.2 Å². The van der Waals surface area contributed by atoms with Gasteiger partial charge in [0.15, 0.2) is 5.82 Å². The number of amides is 2. The number of rotatable bonds is 4. The predicted molar refractivity (Wildman–Crippen MR) is 96.4 cm³/mol. The Labute approximate surface area is 151 Å². The number of piperidine rings is 1. The van der Waals surface area contributed by atoms with E-state index in [1.165, 1.54) is 18.2 Å². The van der Waals surface area contributed by atoms with Crippen molar-refractivity contribution in [3.05, 3.63) is 54.5 Å². The molecule has 136 valence electrons. The minimum absolute atomic E-state index is 0.159. The fourth-order valence-corrected chi connectivity index (χ4v) is 3.15. The van der Waals surface area contributed by atoms with Crippen molar-refractivity contribution in [2.75, 3.05) is 18.4 Å². The molecule has 1 aromatic heterocycles. The Balaban J connectivity index is 1.71. The Kier molecular flexibility index (Phi) is 5.16. The van der Waals surface area contributed by atoms with Crippen molar-refractivity contribution in [1.29, 1.82) is 0 Å². The maximum Gasteiger partial charge on any atom is 0.245 e. The molecule has 1 saturated heterocycles. The fourth-order valence-electron chi connectivity index (χ4n) is 3.15. The lowest BCUT2D eigenvalue weighted by atomic mass is 9.97. The molecule has 1 N–H and O–H groups in total. The number of aryl methyl sites for hydroxylation is 1. The summed E-state index contributed by atoms with van der Waals surface area (Å²) in [6.07, 6.45) is 2.76. The molecule has 0 aliphatic carbocycles. The Morgan fingerprint density at radius 3 is 2.92 bits per heavy atom. The highest BCUT2D eigenvalue weighted by Crippen LogP contribution is 2.20. The van der Waals surface area contributed by atoms with E-state index in [4.69, 9.17) is 0 Å². The number of nitrogens with zero attached hydrogens (tertiary/aromatic N) is 3. The summed E-state index contributed by atoms with van der Waals surface area (Å²) in [6.45, 7) is 6.34. The Morgan fingerprint density at radius 1 is 1.38 bits per heavy atom. The van der Waals surface area contributed by atoms with Gasteiger partial charge in [0.1, 0.15) is 5.82 Å². The lowest BCUT2D eigenvalue weighted by Crippen LogP contribution is -2.43. The Bertz CT molecular complexity index is 846. The van der Waals surface area contributed by atoms with E-state index >= 15 is 0 Å². The quantitative estimate of drug-likeness (QED) is 0.857. The summed E-state index contributed by atoms with van der Waals surface area (Å²) in [5.74, 6) is -0.558. The van der Waals surface area contributed by atoms with Crippen molar-refractivity contribution < 1.29 is 14.0 Å². The van der Waals surface area contributed by atoms with Crippen LogP contribution < -0.4 is 5.32 Å². The molecule has 2 heterocycles. The average Bonchev–Trinajstić information content (AvgIpc) is 3.01. The molecule has 2 amide bonds. The molecule has 0 radical (unpaired) electrons. The van der Waals surface area contributed by atoms with Gasteiger partial charge in [-0.15, -0.1) is 5.10 Å². The first-order valence-corrected chi connectivity index (χ1v) is 8.52. The number of halogens is 1. The summed E-state index contributed by atoms with van der Waals surface area (Å²) in [5.41, 5.74) is 1.36. The number of aromatic nitrogens is 2. The second-order valence-electron chi connectivity index (χ2n) is 6.38. The SMILES string of the molecule is C=CC(=O)N1CCC[C@@H](C(=O)Nc2cc(C)n(-c3cccc(F)c3)n2)C1. The van der Waals surface area contributed by atoms with Crippen molar-refractivity contribution in [3.8, 4) is 5.69 Å². The molecule has 7 heteroatoms. The van der Waals surface area contributed by atoms with Gasteiger partial charge in [-0.1, -0.05) is 12.6 Å². The van der Waals surface area contributed by atoms with E-state index in [9.17, 15) is 14.0 Å². The molecule has 0 saturated carbocycles. The lowest BCUT2D eigenvalue weighted by Gasteiger charge is -2.31. The van der Waals surface area contributed by atoms with Crippen LogP contribution in [-0.4, -0.2) is 39.6 Å². The molecule has 1 atom stereocenters. The molecule has 6 nitrogen and oxygen atoms in total. The molecular weight excluding hydrogens is 335 g/mol. The van der Waals surface area contributed by atoms with Gasteiger partial charge in [-0.3, -0.25) is 9.59 Å². The summed E-state index contributed by atoms with van der Waals surface area (Å²) in [4.78, 5) is 25.9. The van der Waals surface area contributed by atoms with Crippen LogP contribution in [0.15, 0.2) is 43.0 Å². The van der Waals surface area contributed by atoms with Gasteiger partial charge in [-0.25, -0.2) is 9.07 Å². The minimum atomic E-state index is -0.350. The zero-order valence-corrected chi connectivity index (χ0v) is 14.6. The largest absolute Gasteiger partial charge is 0.338 e. The van der Waals surface area contributed by atoms with Crippen LogP contribution in [0.2, 0.25) is 0 Å². The van der Waals surface area contributed by atoms with Crippen molar-refractivity contribution >= 4 is 17.6 Å². The van der Waals surface area contributed by atoms with Gasteiger partial charge in [0.2, 0.25) is 11.8 Å². The van der Waals surface area contributed by atoms with Crippen LogP contribution in [0, 0.1) is 18.7 Å². The van der Waals surface area contributed by atoms with Crippen molar-refractivity contribution in [2.24, 2.45) is 5.92 Å². The molecular formula is C19H21FN4O2. The number of carbonyl (C=O) groups excluding carboxylic acids is 2. The van der Waals surface area contributed by atoms with E-state index in [1.807, 2.05) is 6.92 Å². The minimum Gasteiger partial charge on any atom is -0.338 e. The van der Waals surface area contributed by atoms with Crippen LogP contribution in [0.25, 0.3) is 5.69 Å². The van der Waals surface area contributed by atoms with Gasteiger partial charge in [0.25, 0.3) is 0 Å². The lowest BCUT2D eigenvalue weighted by molar-refractivity contribution is -0.130. The van der Waals surface area contributed by atoms with E-state index in [-0.39, 0.29) is 23.5 Å². The molecule has 1 fully saturated rings. The number of hydrogen-bond acceptors (Lipinski definition) is 3. The van der Waals surface area contributed by atoms with Gasteiger partial charge in [0, 0.05) is 24.8 Å². The molecule has 0 unspecified atom stereocenters. The third kappa shape index (κ3) is 3.82. The molecule has 1 aliphatic heterocycles. The number of anilines is 1. The maximum atomic E-state index is 13.4. The predicted octanol–water partition coefficient (Wildman–Crippen LogP) is 2.68. The van der Waals surface area contributed by atoms with Gasteiger partial charge in [0.05, 0.1) is 11.6 Å². The number of likely N-dealkylation sites (tertiary alicyclic amines) is 1. The first-order valence-electron chi connectivity index (χ1n) is 8.52. The highest BCUT2D eigenvalue weighted by molar-refractivity contribution is 5.93. The van der Waals surface area contributed by atoms with E-state index < -0.39 is 0 Å². The molecule has 1 aromatic carbocycles. The van der Waals surface area contributed by atoms with Crippen LogP contribution in [0.1, 0.15) is 18.5 Å². The second kappa shape index (κ2) is 7.51. The summed E-state index contributed by atoms with van der Waals surface area (Å²) >= 11 is 0. The molecule has 0 spiro atoms. The summed E-state index contributed by atoms with van der Waals surface area (Å²) in [6, 6.07) is 7.83. The molecule has 1 aliphatic rings. The van der Waals surface area contributed by atoms with Crippen molar-refractivity contribution in [2.45, 2.75) is 19.8 Å².